The predicted molar refractivity (Wildman–Crippen MR) is 114 cm³/mol. The fraction of sp³-hybridized carbons (Fsp3) is 0.261. The minimum atomic E-state index is 0.409. The summed E-state index contributed by atoms with van der Waals surface area (Å²) in [7, 11) is 5.33. The van der Waals surface area contributed by atoms with Crippen molar-refractivity contribution in [2.24, 2.45) is 0 Å². The SMILES string of the molecule is COc1ccc(C[NH+](C)Cc2nnc(-c3c(-c4ccccc4)noc3C)o2)cc1OC. The Bertz CT molecular complexity index is 1150. The van der Waals surface area contributed by atoms with Crippen molar-refractivity contribution in [1.82, 2.24) is 15.4 Å². The number of hydrogen-bond acceptors (Lipinski definition) is 7. The van der Waals surface area contributed by atoms with E-state index < -0.39 is 0 Å². The third kappa shape index (κ3) is 4.44. The van der Waals surface area contributed by atoms with Gasteiger partial charge in [-0.15, -0.1) is 10.2 Å². The summed E-state index contributed by atoms with van der Waals surface area (Å²) in [6.45, 7) is 3.18. The van der Waals surface area contributed by atoms with Crippen molar-refractivity contribution >= 4 is 0 Å². The smallest absolute Gasteiger partial charge is 0.271 e. The minimum absolute atomic E-state index is 0.409. The third-order valence-electron chi connectivity index (χ3n) is 5.00. The molecule has 2 aromatic heterocycles. The fourth-order valence-electron chi connectivity index (χ4n) is 3.50. The van der Waals surface area contributed by atoms with E-state index >= 15 is 0 Å². The first kappa shape index (κ1) is 20.6. The number of quaternary nitrogens is 1. The van der Waals surface area contributed by atoms with E-state index in [1.54, 1.807) is 14.2 Å². The van der Waals surface area contributed by atoms with E-state index in [4.69, 9.17) is 18.4 Å². The van der Waals surface area contributed by atoms with Crippen molar-refractivity contribution in [2.45, 2.75) is 20.0 Å². The predicted octanol–water partition coefficient (Wildman–Crippen LogP) is 2.93. The van der Waals surface area contributed by atoms with Crippen LogP contribution in [0.4, 0.5) is 0 Å². The summed E-state index contributed by atoms with van der Waals surface area (Å²) >= 11 is 0. The molecule has 0 bridgehead atoms. The van der Waals surface area contributed by atoms with Crippen LogP contribution >= 0.6 is 0 Å². The van der Waals surface area contributed by atoms with E-state index in [0.717, 1.165) is 23.2 Å². The molecule has 0 saturated carbocycles. The Morgan fingerprint density at radius 1 is 0.935 bits per heavy atom. The summed E-state index contributed by atoms with van der Waals surface area (Å²) in [5, 5.41) is 12.7. The monoisotopic (exact) mass is 421 g/mol. The Hall–Kier alpha value is -3.65. The molecule has 0 spiro atoms. The Balaban J connectivity index is 1.50. The van der Waals surface area contributed by atoms with Crippen molar-refractivity contribution in [3.63, 3.8) is 0 Å². The number of aromatic nitrogens is 3. The summed E-state index contributed by atoms with van der Waals surface area (Å²) in [5.41, 5.74) is 3.48. The van der Waals surface area contributed by atoms with Crippen LogP contribution in [0.25, 0.3) is 22.7 Å². The number of benzene rings is 2. The minimum Gasteiger partial charge on any atom is -0.493 e. The molecule has 0 aliphatic heterocycles. The fourth-order valence-corrected chi connectivity index (χ4v) is 3.50. The first-order chi connectivity index (χ1) is 15.1. The van der Waals surface area contributed by atoms with E-state index in [2.05, 4.69) is 22.4 Å². The molecule has 1 unspecified atom stereocenters. The first-order valence-electron chi connectivity index (χ1n) is 9.95. The van der Waals surface area contributed by atoms with Gasteiger partial charge in [0.1, 0.15) is 23.6 Å². The summed E-state index contributed by atoms with van der Waals surface area (Å²) in [6, 6.07) is 15.7. The molecule has 4 rings (SSSR count). The Morgan fingerprint density at radius 2 is 1.71 bits per heavy atom. The van der Waals surface area contributed by atoms with Crippen LogP contribution in [0.1, 0.15) is 17.2 Å². The Kier molecular flexibility index (Phi) is 5.99. The van der Waals surface area contributed by atoms with Gasteiger partial charge in [0.25, 0.3) is 11.8 Å². The van der Waals surface area contributed by atoms with E-state index in [0.29, 0.717) is 41.3 Å². The molecule has 4 aromatic rings. The highest BCUT2D eigenvalue weighted by atomic mass is 16.5. The van der Waals surface area contributed by atoms with Gasteiger partial charge in [0, 0.05) is 11.1 Å². The van der Waals surface area contributed by atoms with Gasteiger partial charge < -0.3 is 23.3 Å². The van der Waals surface area contributed by atoms with Gasteiger partial charge in [0.15, 0.2) is 18.0 Å². The van der Waals surface area contributed by atoms with Gasteiger partial charge >= 0.3 is 0 Å². The number of nitrogens with zero attached hydrogens (tertiary/aromatic N) is 3. The van der Waals surface area contributed by atoms with E-state index in [1.807, 2.05) is 55.5 Å². The first-order valence-corrected chi connectivity index (χ1v) is 9.95. The van der Waals surface area contributed by atoms with E-state index in [9.17, 15) is 0 Å². The molecule has 1 N–H and O–H groups in total. The van der Waals surface area contributed by atoms with Crippen LogP contribution in [0.15, 0.2) is 57.5 Å². The maximum atomic E-state index is 5.97. The molecule has 2 heterocycles. The van der Waals surface area contributed by atoms with Gasteiger partial charge in [-0.2, -0.15) is 0 Å². The topological polar surface area (TPSA) is 87.9 Å². The normalized spacial score (nSPS) is 12.0. The van der Waals surface area contributed by atoms with Crippen molar-refractivity contribution in [2.75, 3.05) is 21.3 Å². The van der Waals surface area contributed by atoms with Crippen LogP contribution < -0.4 is 14.4 Å². The molecule has 31 heavy (non-hydrogen) atoms. The van der Waals surface area contributed by atoms with Crippen molar-refractivity contribution in [3.8, 4) is 34.2 Å². The van der Waals surface area contributed by atoms with Gasteiger partial charge in [-0.1, -0.05) is 35.5 Å². The van der Waals surface area contributed by atoms with Gasteiger partial charge in [0.05, 0.1) is 21.3 Å². The number of nitrogens with one attached hydrogen (secondary N) is 1. The van der Waals surface area contributed by atoms with E-state index in [1.165, 1.54) is 4.90 Å². The molecule has 0 amide bonds. The van der Waals surface area contributed by atoms with Crippen LogP contribution in [0.5, 0.6) is 11.5 Å². The van der Waals surface area contributed by atoms with Crippen molar-refractivity contribution in [3.05, 3.63) is 65.7 Å². The second-order valence-electron chi connectivity index (χ2n) is 7.33. The van der Waals surface area contributed by atoms with Crippen LogP contribution in [0.2, 0.25) is 0 Å². The molecule has 8 nitrogen and oxygen atoms in total. The molecule has 0 aliphatic carbocycles. The lowest BCUT2D eigenvalue weighted by Gasteiger charge is -2.13. The summed E-state index contributed by atoms with van der Waals surface area (Å²) < 4.78 is 22.1. The average molecular weight is 421 g/mol. The molecule has 0 radical (unpaired) electrons. The van der Waals surface area contributed by atoms with Crippen LogP contribution in [0.3, 0.4) is 0 Å². The average Bonchev–Trinajstić information content (AvgIpc) is 3.40. The molecule has 0 fully saturated rings. The van der Waals surface area contributed by atoms with Crippen molar-refractivity contribution < 1.29 is 23.3 Å². The van der Waals surface area contributed by atoms with Gasteiger partial charge in [-0.3, -0.25) is 0 Å². The quantitative estimate of drug-likeness (QED) is 0.468. The number of ether oxygens (including phenoxy) is 2. The maximum absolute atomic E-state index is 5.97. The number of hydrogen-bond donors (Lipinski definition) is 1. The summed E-state index contributed by atoms with van der Waals surface area (Å²) in [4.78, 5) is 1.19. The standard InChI is InChI=1S/C23H24N4O4/c1-15-21(22(26-31-15)17-8-6-5-7-9-17)23-25-24-20(30-23)14-27(2)13-16-10-11-18(28-3)19(12-16)29-4/h5-12H,13-14H2,1-4H3/p+1. The van der Waals surface area contributed by atoms with Gasteiger partial charge in [0.2, 0.25) is 0 Å². The molecule has 0 saturated heterocycles. The molecule has 1 atom stereocenters. The number of methoxy groups -OCH3 is 2. The highest BCUT2D eigenvalue weighted by Gasteiger charge is 2.23. The highest BCUT2D eigenvalue weighted by Crippen LogP contribution is 2.33. The molecular weight excluding hydrogens is 396 g/mol. The second kappa shape index (κ2) is 9.01. The van der Waals surface area contributed by atoms with E-state index in [-0.39, 0.29) is 0 Å². The molecule has 160 valence electrons. The highest BCUT2D eigenvalue weighted by molar-refractivity contribution is 5.77. The zero-order chi connectivity index (χ0) is 21.8. The lowest BCUT2D eigenvalue weighted by molar-refractivity contribution is -0.909. The van der Waals surface area contributed by atoms with Crippen molar-refractivity contribution in [1.29, 1.82) is 0 Å². The lowest BCUT2D eigenvalue weighted by atomic mass is 10.1. The summed E-state index contributed by atoms with van der Waals surface area (Å²) in [5.74, 6) is 3.02. The Morgan fingerprint density at radius 3 is 2.45 bits per heavy atom. The Labute approximate surface area is 180 Å². The van der Waals surface area contributed by atoms with Crippen LogP contribution in [-0.2, 0) is 13.1 Å². The van der Waals surface area contributed by atoms with Gasteiger partial charge in [-0.05, 0) is 25.1 Å². The lowest BCUT2D eigenvalue weighted by Crippen LogP contribution is -3.06. The second-order valence-corrected chi connectivity index (χ2v) is 7.33. The number of aryl methyl sites for hydroxylation is 1. The summed E-state index contributed by atoms with van der Waals surface area (Å²) in [6.07, 6.45) is 0. The molecular formula is C23H25N4O4+. The van der Waals surface area contributed by atoms with Crippen LogP contribution in [0, 0.1) is 6.92 Å². The molecule has 8 heteroatoms. The van der Waals surface area contributed by atoms with Crippen LogP contribution in [-0.4, -0.2) is 36.6 Å². The number of rotatable bonds is 8. The zero-order valence-electron chi connectivity index (χ0n) is 18.0. The zero-order valence-corrected chi connectivity index (χ0v) is 18.0. The third-order valence-corrected chi connectivity index (χ3v) is 5.00. The maximum Gasteiger partial charge on any atom is 0.271 e. The van der Waals surface area contributed by atoms with Gasteiger partial charge in [-0.25, -0.2) is 0 Å². The molecule has 0 aliphatic rings. The largest absolute Gasteiger partial charge is 0.493 e. The molecule has 2 aromatic carbocycles.